The van der Waals surface area contributed by atoms with E-state index in [0.29, 0.717) is 5.56 Å². The first-order valence-electron chi connectivity index (χ1n) is 5.38. The van der Waals surface area contributed by atoms with Crippen LogP contribution in [0.2, 0.25) is 0 Å². The zero-order valence-electron chi connectivity index (χ0n) is 9.83. The number of hydrogen-bond acceptors (Lipinski definition) is 5. The number of ether oxygens (including phenoxy) is 1. The van der Waals surface area contributed by atoms with Crippen molar-refractivity contribution in [2.45, 2.75) is 11.0 Å². The number of aliphatic hydroxyl groups excluding tert-OH is 1. The van der Waals surface area contributed by atoms with Crippen LogP contribution >= 0.6 is 0 Å². The monoisotopic (exact) mass is 270 g/mol. The van der Waals surface area contributed by atoms with Gasteiger partial charge in [0.25, 0.3) is 10.0 Å². The molecule has 0 fully saturated rings. The highest BCUT2D eigenvalue weighted by Crippen LogP contribution is 2.22. The van der Waals surface area contributed by atoms with E-state index in [1.807, 2.05) is 0 Å². The minimum absolute atomic E-state index is 0.0834. The molecule has 1 atom stereocenters. The van der Waals surface area contributed by atoms with Gasteiger partial charge in [-0.2, -0.15) is 0 Å². The van der Waals surface area contributed by atoms with Gasteiger partial charge in [-0.05, 0) is 12.1 Å². The average Bonchev–Trinajstić information content (AvgIpc) is 2.60. The van der Waals surface area contributed by atoms with Gasteiger partial charge in [0, 0.05) is 12.7 Å². The van der Waals surface area contributed by atoms with Crippen molar-refractivity contribution in [3.8, 4) is 0 Å². The number of aliphatic hydroxyl groups is 1. The Morgan fingerprint density at radius 3 is 2.89 bits per heavy atom. The molecular weight excluding hydrogens is 256 g/mol. The van der Waals surface area contributed by atoms with Gasteiger partial charge in [-0.1, -0.05) is 12.1 Å². The summed E-state index contributed by atoms with van der Waals surface area (Å²) in [4.78, 5) is 4.29. The molecule has 18 heavy (non-hydrogen) atoms. The molecule has 7 heteroatoms. The van der Waals surface area contributed by atoms with Crippen molar-refractivity contribution in [2.24, 2.45) is 4.99 Å². The highest BCUT2D eigenvalue weighted by molar-refractivity contribution is 7.90. The number of hydrogen-bond donors (Lipinski definition) is 2. The van der Waals surface area contributed by atoms with Crippen molar-refractivity contribution in [2.75, 3.05) is 20.3 Å². The smallest absolute Gasteiger partial charge is 0.263 e. The van der Waals surface area contributed by atoms with Gasteiger partial charge in [-0.15, -0.1) is 0 Å². The van der Waals surface area contributed by atoms with Crippen LogP contribution in [0.5, 0.6) is 0 Å². The highest BCUT2D eigenvalue weighted by Gasteiger charge is 2.30. The second-order valence-corrected chi connectivity index (χ2v) is 5.55. The molecule has 0 radical (unpaired) electrons. The number of nitrogens with zero attached hydrogens (tertiary/aromatic N) is 1. The fourth-order valence-corrected chi connectivity index (χ4v) is 2.94. The molecule has 1 aliphatic heterocycles. The minimum atomic E-state index is -3.51. The second-order valence-electron chi connectivity index (χ2n) is 3.90. The Morgan fingerprint density at radius 1 is 1.44 bits per heavy atom. The molecule has 0 saturated carbocycles. The molecule has 2 N–H and O–H groups in total. The van der Waals surface area contributed by atoms with Crippen molar-refractivity contribution in [1.82, 2.24) is 4.72 Å². The van der Waals surface area contributed by atoms with E-state index in [9.17, 15) is 13.5 Å². The van der Waals surface area contributed by atoms with Gasteiger partial charge in [0.05, 0.1) is 24.2 Å². The van der Waals surface area contributed by atoms with E-state index in [-0.39, 0.29) is 23.9 Å². The summed E-state index contributed by atoms with van der Waals surface area (Å²) in [5.74, 6) is 0.265. The van der Waals surface area contributed by atoms with Crippen LogP contribution in [0.15, 0.2) is 34.2 Å². The summed E-state index contributed by atoms with van der Waals surface area (Å²) < 4.78 is 30.6. The maximum atomic E-state index is 11.8. The number of methoxy groups -OCH3 is 1. The van der Waals surface area contributed by atoms with Crippen LogP contribution < -0.4 is 4.72 Å². The normalized spacial score (nSPS) is 20.4. The zero-order valence-corrected chi connectivity index (χ0v) is 10.6. The van der Waals surface area contributed by atoms with Crippen molar-refractivity contribution < 1.29 is 18.3 Å². The number of aliphatic imine (C=N–C) groups is 1. The summed E-state index contributed by atoms with van der Waals surface area (Å²) in [5.41, 5.74) is 0.530. The Morgan fingerprint density at radius 2 is 2.17 bits per heavy atom. The Kier molecular flexibility index (Phi) is 3.65. The van der Waals surface area contributed by atoms with E-state index in [4.69, 9.17) is 4.74 Å². The molecule has 0 aromatic heterocycles. The molecule has 1 aromatic carbocycles. The largest absolute Gasteiger partial charge is 0.389 e. The Hall–Kier alpha value is -1.44. The van der Waals surface area contributed by atoms with E-state index in [0.717, 1.165) is 0 Å². The fraction of sp³-hybridized carbons (Fsp3) is 0.364. The molecular formula is C11H14N2O4S. The summed E-state index contributed by atoms with van der Waals surface area (Å²) in [6.07, 6.45) is -0.750. The van der Waals surface area contributed by atoms with Crippen LogP contribution in [0, 0.1) is 0 Å². The lowest BCUT2D eigenvalue weighted by atomic mass is 10.2. The third kappa shape index (κ3) is 2.53. The number of sulfonamides is 1. The first-order chi connectivity index (χ1) is 8.54. The molecule has 1 aromatic rings. The molecule has 1 unspecified atom stereocenters. The van der Waals surface area contributed by atoms with Crippen LogP contribution in [-0.2, 0) is 14.8 Å². The third-order valence-corrected chi connectivity index (χ3v) is 3.88. The number of rotatable bonds is 4. The Balaban J connectivity index is 2.25. The molecule has 1 aliphatic rings. The molecule has 1 heterocycles. The van der Waals surface area contributed by atoms with Gasteiger partial charge in [-0.25, -0.2) is 8.42 Å². The van der Waals surface area contributed by atoms with Crippen molar-refractivity contribution in [1.29, 1.82) is 0 Å². The number of nitrogens with one attached hydrogen (secondary N) is 1. The van der Waals surface area contributed by atoms with Crippen LogP contribution in [0.3, 0.4) is 0 Å². The predicted molar refractivity (Wildman–Crippen MR) is 66.1 cm³/mol. The van der Waals surface area contributed by atoms with Crippen molar-refractivity contribution in [3.63, 3.8) is 0 Å². The summed E-state index contributed by atoms with van der Waals surface area (Å²) in [7, 11) is -2.03. The van der Waals surface area contributed by atoms with Crippen LogP contribution in [-0.4, -0.2) is 45.7 Å². The van der Waals surface area contributed by atoms with E-state index in [1.54, 1.807) is 18.2 Å². The molecule has 0 aliphatic carbocycles. The summed E-state index contributed by atoms with van der Waals surface area (Å²) in [6, 6.07) is 6.59. The average molecular weight is 270 g/mol. The summed E-state index contributed by atoms with van der Waals surface area (Å²) >= 11 is 0. The first kappa shape index (κ1) is 13.0. The molecule has 2 rings (SSSR count). The lowest BCUT2D eigenvalue weighted by molar-refractivity contribution is 0.0705. The Labute approximate surface area is 105 Å². The summed E-state index contributed by atoms with van der Waals surface area (Å²) in [5, 5.41) is 9.48. The predicted octanol–water partition coefficient (Wildman–Crippen LogP) is -0.268. The number of benzene rings is 1. The molecule has 0 amide bonds. The van der Waals surface area contributed by atoms with Gasteiger partial charge in [0.15, 0.2) is 0 Å². The zero-order chi connectivity index (χ0) is 13.2. The van der Waals surface area contributed by atoms with Gasteiger partial charge >= 0.3 is 0 Å². The maximum absolute atomic E-state index is 11.8. The lowest BCUT2D eigenvalue weighted by Crippen LogP contribution is -2.25. The molecule has 0 bridgehead atoms. The van der Waals surface area contributed by atoms with E-state index < -0.39 is 16.1 Å². The maximum Gasteiger partial charge on any atom is 0.263 e. The second kappa shape index (κ2) is 5.05. The first-order valence-corrected chi connectivity index (χ1v) is 6.86. The van der Waals surface area contributed by atoms with Gasteiger partial charge in [-0.3, -0.25) is 9.71 Å². The van der Waals surface area contributed by atoms with Crippen LogP contribution in [0.1, 0.15) is 5.56 Å². The number of amidine groups is 1. The molecule has 0 saturated heterocycles. The van der Waals surface area contributed by atoms with Gasteiger partial charge in [0.1, 0.15) is 5.84 Å². The van der Waals surface area contributed by atoms with E-state index >= 15 is 0 Å². The molecule has 98 valence electrons. The fourth-order valence-electron chi connectivity index (χ4n) is 1.69. The number of fused-ring (bicyclic) bond motifs is 1. The van der Waals surface area contributed by atoms with Gasteiger partial charge in [0.2, 0.25) is 0 Å². The van der Waals surface area contributed by atoms with E-state index in [1.165, 1.54) is 13.2 Å². The third-order valence-electron chi connectivity index (χ3n) is 2.48. The summed E-state index contributed by atoms with van der Waals surface area (Å²) in [6.45, 7) is 0.241. The lowest BCUT2D eigenvalue weighted by Gasteiger charge is -2.06. The van der Waals surface area contributed by atoms with Crippen molar-refractivity contribution in [3.05, 3.63) is 29.8 Å². The quantitative estimate of drug-likeness (QED) is 0.788. The van der Waals surface area contributed by atoms with E-state index in [2.05, 4.69) is 9.71 Å². The molecule has 6 nitrogen and oxygen atoms in total. The van der Waals surface area contributed by atoms with Gasteiger partial charge < -0.3 is 9.84 Å². The SMILES string of the molecule is COCC(O)CN=C1NS(=O)(=O)c2ccccc21. The Bertz CT molecular complexity index is 568. The molecule has 0 spiro atoms. The minimum Gasteiger partial charge on any atom is -0.389 e. The highest BCUT2D eigenvalue weighted by atomic mass is 32.2. The van der Waals surface area contributed by atoms with Crippen LogP contribution in [0.25, 0.3) is 0 Å². The van der Waals surface area contributed by atoms with Crippen molar-refractivity contribution >= 4 is 15.9 Å². The topological polar surface area (TPSA) is 88.0 Å². The standard InChI is InChI=1S/C11H14N2O4S/c1-17-7-8(14)6-12-11-9-4-2-3-5-10(9)18(15,16)13-11/h2-5,8,14H,6-7H2,1H3,(H,12,13). The van der Waals surface area contributed by atoms with Crippen LogP contribution in [0.4, 0.5) is 0 Å².